The third-order valence-corrected chi connectivity index (χ3v) is 8.46. The molecule has 3 aromatic carbocycles. The number of carbonyl (C=O) groups is 2. The minimum Gasteiger partial charge on any atom is -0.496 e. The van der Waals surface area contributed by atoms with Crippen LogP contribution in [0.2, 0.25) is 5.02 Å². The van der Waals surface area contributed by atoms with Gasteiger partial charge in [-0.05, 0) is 55.7 Å². The molecule has 232 valence electrons. The van der Waals surface area contributed by atoms with Crippen molar-refractivity contribution in [3.8, 4) is 28.0 Å². The topological polar surface area (TPSA) is 107 Å². The van der Waals surface area contributed by atoms with Gasteiger partial charge in [-0.25, -0.2) is 4.39 Å². The van der Waals surface area contributed by atoms with Gasteiger partial charge in [-0.1, -0.05) is 41.9 Å². The molecule has 0 bridgehead atoms. The van der Waals surface area contributed by atoms with Crippen molar-refractivity contribution >= 4 is 29.1 Å². The Kier molecular flexibility index (Phi) is 8.73. The molecule has 0 radical (unpaired) electrons. The van der Waals surface area contributed by atoms with Gasteiger partial charge in [0.05, 0.1) is 18.7 Å². The van der Waals surface area contributed by atoms with Gasteiger partial charge in [0.15, 0.2) is 12.5 Å². The zero-order valence-corrected chi connectivity index (χ0v) is 26.3. The van der Waals surface area contributed by atoms with Crippen LogP contribution in [0, 0.1) is 12.7 Å². The summed E-state index contributed by atoms with van der Waals surface area (Å²) in [6.45, 7) is 5.56. The molecule has 2 aliphatic rings. The van der Waals surface area contributed by atoms with Gasteiger partial charge in [0.25, 0.3) is 11.8 Å². The largest absolute Gasteiger partial charge is 0.496 e. The van der Waals surface area contributed by atoms with Gasteiger partial charge in [0, 0.05) is 54.8 Å². The average molecular weight is 623 g/mol. The van der Waals surface area contributed by atoms with Gasteiger partial charge in [0.1, 0.15) is 17.1 Å². The van der Waals surface area contributed by atoms with Crippen LogP contribution < -0.4 is 15.4 Å². The van der Waals surface area contributed by atoms with Crippen LogP contribution in [0.15, 0.2) is 60.3 Å². The molecule has 9 nitrogen and oxygen atoms in total. The number of carbonyl (C=O) groups excluding carboxylic acids is 2. The lowest BCUT2D eigenvalue weighted by molar-refractivity contribution is -0.129. The molecule has 1 saturated heterocycles. The number of benzene rings is 3. The van der Waals surface area contributed by atoms with E-state index in [9.17, 15) is 14.7 Å². The van der Waals surface area contributed by atoms with E-state index in [0.717, 1.165) is 11.1 Å². The van der Waals surface area contributed by atoms with Crippen molar-refractivity contribution in [2.24, 2.45) is 0 Å². The summed E-state index contributed by atoms with van der Waals surface area (Å²) in [6.07, 6.45) is 0.856. The van der Waals surface area contributed by atoms with E-state index < -0.39 is 23.2 Å². The van der Waals surface area contributed by atoms with E-state index in [2.05, 4.69) is 10.6 Å². The van der Waals surface area contributed by atoms with Crippen LogP contribution in [0.5, 0.6) is 5.75 Å². The van der Waals surface area contributed by atoms with Crippen LogP contribution in [-0.4, -0.2) is 72.5 Å². The number of hydrogen-bond donors (Lipinski definition) is 3. The Balaban J connectivity index is 1.45. The number of rotatable bonds is 9. The van der Waals surface area contributed by atoms with Crippen LogP contribution in [0.1, 0.15) is 25.0 Å². The quantitative estimate of drug-likeness (QED) is 0.230. The number of anilines is 1. The molecule has 1 fully saturated rings. The second-order valence-corrected chi connectivity index (χ2v) is 12.1. The lowest BCUT2D eigenvalue weighted by Gasteiger charge is -2.24. The van der Waals surface area contributed by atoms with Gasteiger partial charge in [0.2, 0.25) is 0 Å². The van der Waals surface area contributed by atoms with E-state index in [0.29, 0.717) is 38.7 Å². The first-order chi connectivity index (χ1) is 20.9. The van der Waals surface area contributed by atoms with Crippen molar-refractivity contribution in [3.63, 3.8) is 0 Å². The minimum atomic E-state index is -0.593. The molecule has 2 atom stereocenters. The maximum Gasteiger partial charge on any atom is 0.262 e. The molecule has 0 spiro atoms. The maximum absolute atomic E-state index is 15.4. The Morgan fingerprint density at radius 1 is 1.11 bits per heavy atom. The molecule has 0 saturated carbocycles. The third-order valence-electron chi connectivity index (χ3n) is 8.05. The van der Waals surface area contributed by atoms with E-state index in [1.54, 1.807) is 43.3 Å². The first-order valence-corrected chi connectivity index (χ1v) is 14.5. The number of likely N-dealkylation sites (N-methyl/N-ethyl adjacent to an activating group) is 2. The fraction of sp³-hybridized carbons (Fsp3) is 0.333. The molecule has 44 heavy (non-hydrogen) atoms. The highest BCUT2D eigenvalue weighted by molar-refractivity contribution is 6.36. The first kappa shape index (κ1) is 31.5. The first-order valence-electron chi connectivity index (χ1n) is 14.2. The Hall–Kier alpha value is -3.96. The zero-order valence-electron chi connectivity index (χ0n) is 25.5. The summed E-state index contributed by atoms with van der Waals surface area (Å²) in [6, 6.07) is 14.1. The number of amides is 2. The second kappa shape index (κ2) is 12.2. The molecule has 2 heterocycles. The lowest BCUT2D eigenvalue weighted by Crippen LogP contribution is -2.42. The molecule has 0 aromatic heterocycles. The molecule has 5 rings (SSSR count). The highest BCUT2D eigenvalue weighted by Gasteiger charge is 2.50. The number of nitrogens with zero attached hydrogens (tertiary/aromatic N) is 2. The number of halogens is 2. The standard InChI is InChI=1S/C33H36ClFN4O5/c1-18-20(9-8-12-26(18)37-29(41)24-16-38(4)31-32(44-31)39(5)30(24)42)22-11-7-10-21(28(22)34)19-13-25(35)23(27(14-19)43-6)15-36-33(2,3)17-40/h7-14,16,31-32,36,40H,15,17H2,1-6H3,(H,37,41). The third kappa shape index (κ3) is 6.03. The lowest BCUT2D eigenvalue weighted by atomic mass is 9.94. The molecule has 2 aliphatic heterocycles. The van der Waals surface area contributed by atoms with Crippen molar-refractivity contribution in [1.82, 2.24) is 15.1 Å². The summed E-state index contributed by atoms with van der Waals surface area (Å²) in [5, 5.41) is 16.0. The monoisotopic (exact) mass is 622 g/mol. The Labute approximate surface area is 261 Å². The second-order valence-electron chi connectivity index (χ2n) is 11.7. The van der Waals surface area contributed by atoms with E-state index in [1.165, 1.54) is 24.3 Å². The number of hydrogen-bond acceptors (Lipinski definition) is 7. The number of epoxide rings is 1. The SMILES string of the molecule is COc1cc(-c2cccc(-c3cccc(NC(=O)C4=CN(C)C5OC5N(C)C4=O)c3C)c2Cl)cc(F)c1CNC(C)(C)CO. The molecule has 2 unspecified atom stereocenters. The van der Waals surface area contributed by atoms with Crippen molar-refractivity contribution in [3.05, 3.63) is 82.3 Å². The molecular weight excluding hydrogens is 587 g/mol. The van der Waals surface area contributed by atoms with Crippen LogP contribution in [0.3, 0.4) is 0 Å². The molecule has 3 aromatic rings. The maximum atomic E-state index is 15.4. The van der Waals surface area contributed by atoms with Crippen LogP contribution in [0.25, 0.3) is 22.3 Å². The Morgan fingerprint density at radius 3 is 2.50 bits per heavy atom. The van der Waals surface area contributed by atoms with Crippen LogP contribution in [0.4, 0.5) is 10.1 Å². The van der Waals surface area contributed by atoms with Crippen molar-refractivity contribution in [1.29, 1.82) is 0 Å². The van der Waals surface area contributed by atoms with Crippen molar-refractivity contribution < 1.29 is 28.6 Å². The number of nitrogens with one attached hydrogen (secondary N) is 2. The van der Waals surface area contributed by atoms with Crippen LogP contribution in [-0.2, 0) is 20.9 Å². The fourth-order valence-electron chi connectivity index (χ4n) is 5.19. The Bertz CT molecular complexity index is 1660. The van der Waals surface area contributed by atoms with Crippen LogP contribution >= 0.6 is 11.6 Å². The normalized spacial score (nSPS) is 18.0. The summed E-state index contributed by atoms with van der Waals surface area (Å²) >= 11 is 6.98. The fourth-order valence-corrected chi connectivity index (χ4v) is 5.53. The van der Waals surface area contributed by atoms with Gasteiger partial charge < -0.3 is 35.0 Å². The summed E-state index contributed by atoms with van der Waals surface area (Å²) in [5.41, 5.74) is 3.61. The van der Waals surface area contributed by atoms with Crippen molar-refractivity contribution in [2.45, 2.75) is 45.3 Å². The number of methoxy groups -OCH3 is 1. The predicted octanol–water partition coefficient (Wildman–Crippen LogP) is 4.90. The van der Waals surface area contributed by atoms with Gasteiger partial charge >= 0.3 is 0 Å². The molecule has 2 amide bonds. The summed E-state index contributed by atoms with van der Waals surface area (Å²) in [5.74, 6) is -1.07. The minimum absolute atomic E-state index is 0.00479. The smallest absolute Gasteiger partial charge is 0.262 e. The van der Waals surface area contributed by atoms with Gasteiger partial charge in [-0.15, -0.1) is 0 Å². The Morgan fingerprint density at radius 2 is 1.80 bits per heavy atom. The average Bonchev–Trinajstić information content (AvgIpc) is 3.81. The summed E-state index contributed by atoms with van der Waals surface area (Å²) < 4.78 is 26.5. The predicted molar refractivity (Wildman–Crippen MR) is 167 cm³/mol. The molecular formula is C33H36ClFN4O5. The van der Waals surface area contributed by atoms with E-state index in [1.807, 2.05) is 39.0 Å². The zero-order chi connectivity index (χ0) is 31.9. The number of aliphatic hydroxyl groups is 1. The number of ether oxygens (including phenoxy) is 2. The molecule has 11 heteroatoms. The molecule has 0 aliphatic carbocycles. The van der Waals surface area contributed by atoms with E-state index in [-0.39, 0.29) is 31.2 Å². The van der Waals surface area contributed by atoms with E-state index in [4.69, 9.17) is 21.1 Å². The van der Waals surface area contributed by atoms with Gasteiger partial charge in [-0.3, -0.25) is 9.59 Å². The van der Waals surface area contributed by atoms with E-state index >= 15 is 4.39 Å². The number of aliphatic hydroxyl groups excluding tert-OH is 1. The highest BCUT2D eigenvalue weighted by atomic mass is 35.5. The number of fused-ring (bicyclic) bond motifs is 1. The molecule has 3 N–H and O–H groups in total. The summed E-state index contributed by atoms with van der Waals surface area (Å²) in [4.78, 5) is 29.4. The van der Waals surface area contributed by atoms with Crippen molar-refractivity contribution in [2.75, 3.05) is 33.1 Å². The highest BCUT2D eigenvalue weighted by Crippen LogP contribution is 2.41. The summed E-state index contributed by atoms with van der Waals surface area (Å²) in [7, 11) is 4.85. The van der Waals surface area contributed by atoms with Gasteiger partial charge in [-0.2, -0.15) is 0 Å².